The second-order valence-electron chi connectivity index (χ2n) is 12.3. The van der Waals surface area contributed by atoms with Gasteiger partial charge >= 0.3 is 11.9 Å². The van der Waals surface area contributed by atoms with Crippen molar-refractivity contribution in [3.8, 4) is 5.75 Å². The topological polar surface area (TPSA) is 77.3 Å². The summed E-state index contributed by atoms with van der Waals surface area (Å²) in [7, 11) is 0. The van der Waals surface area contributed by atoms with Crippen LogP contribution in [0.5, 0.6) is 5.75 Å². The van der Waals surface area contributed by atoms with Gasteiger partial charge in [-0.1, -0.05) is 103 Å². The maximum Gasteiger partial charge on any atom is 0.343 e. The molecule has 248 valence electrons. The fraction of sp³-hybridized carbons (Fsp3) is 0.500. The molecule has 0 aliphatic carbocycles. The number of azo groups is 1. The Balaban J connectivity index is 1.36. The molecule has 0 amide bonds. The van der Waals surface area contributed by atoms with Crippen molar-refractivity contribution < 1.29 is 19.1 Å². The number of aryl methyl sites for hydroxylation is 1. The largest absolute Gasteiger partial charge is 0.459 e. The zero-order chi connectivity index (χ0) is 32.8. The van der Waals surface area contributed by atoms with Gasteiger partial charge in [0.05, 0.1) is 28.6 Å². The summed E-state index contributed by atoms with van der Waals surface area (Å²) >= 11 is 0. The number of carbonyl (C=O) groups excluding carboxylic acids is 2. The molecule has 0 N–H and O–H groups in total. The molecule has 3 rings (SSSR count). The molecule has 0 heterocycles. The SMILES string of the molecule is CCCCCCCCCCCCc1ccc(N=Nc2ccc(C(=O)Oc3ccc(C(=O)O[C@@H](C)CCCCCC)cc3)cc2)cc1. The van der Waals surface area contributed by atoms with Crippen LogP contribution in [0, 0.1) is 0 Å². The Morgan fingerprint density at radius 2 is 1.02 bits per heavy atom. The minimum absolute atomic E-state index is 0.131. The van der Waals surface area contributed by atoms with Crippen molar-refractivity contribution in [3.05, 3.63) is 89.5 Å². The van der Waals surface area contributed by atoms with E-state index in [-0.39, 0.29) is 12.1 Å². The first kappa shape index (κ1) is 36.7. The minimum atomic E-state index is -0.488. The number of nitrogens with zero attached hydrogens (tertiary/aromatic N) is 2. The lowest BCUT2D eigenvalue weighted by Gasteiger charge is -2.13. The van der Waals surface area contributed by atoms with Gasteiger partial charge in [0, 0.05) is 0 Å². The van der Waals surface area contributed by atoms with E-state index in [1.54, 1.807) is 48.5 Å². The molecular formula is C40H54N2O4. The first-order valence-corrected chi connectivity index (χ1v) is 17.6. The molecule has 0 saturated heterocycles. The highest BCUT2D eigenvalue weighted by molar-refractivity contribution is 5.92. The Bertz CT molecular complexity index is 1300. The molecule has 0 fully saturated rings. The number of hydrogen-bond acceptors (Lipinski definition) is 6. The second-order valence-corrected chi connectivity index (χ2v) is 12.3. The van der Waals surface area contributed by atoms with Crippen molar-refractivity contribution in [3.63, 3.8) is 0 Å². The zero-order valence-corrected chi connectivity index (χ0v) is 28.3. The Morgan fingerprint density at radius 3 is 1.59 bits per heavy atom. The highest BCUT2D eigenvalue weighted by Crippen LogP contribution is 2.22. The Labute approximate surface area is 277 Å². The van der Waals surface area contributed by atoms with E-state index in [9.17, 15) is 9.59 Å². The van der Waals surface area contributed by atoms with Crippen molar-refractivity contribution >= 4 is 23.3 Å². The molecule has 3 aromatic rings. The summed E-state index contributed by atoms with van der Waals surface area (Å²) in [6, 6.07) is 21.5. The Morgan fingerprint density at radius 1 is 0.565 bits per heavy atom. The number of esters is 2. The summed E-state index contributed by atoms with van der Waals surface area (Å²) in [5, 5.41) is 8.67. The summed E-state index contributed by atoms with van der Waals surface area (Å²) in [4.78, 5) is 25.1. The second kappa shape index (κ2) is 21.9. The highest BCUT2D eigenvalue weighted by Gasteiger charge is 2.14. The monoisotopic (exact) mass is 626 g/mol. The molecule has 0 saturated carbocycles. The quantitative estimate of drug-likeness (QED) is 0.0481. The lowest BCUT2D eigenvalue weighted by Crippen LogP contribution is -2.15. The van der Waals surface area contributed by atoms with Gasteiger partial charge in [0.15, 0.2) is 0 Å². The molecule has 0 unspecified atom stereocenters. The third kappa shape index (κ3) is 14.5. The van der Waals surface area contributed by atoms with E-state index in [1.165, 1.54) is 82.6 Å². The molecule has 0 aromatic heterocycles. The van der Waals surface area contributed by atoms with E-state index >= 15 is 0 Å². The van der Waals surface area contributed by atoms with Crippen LogP contribution in [0.25, 0.3) is 0 Å². The van der Waals surface area contributed by atoms with Crippen LogP contribution < -0.4 is 4.74 Å². The predicted molar refractivity (Wildman–Crippen MR) is 188 cm³/mol. The molecular weight excluding hydrogens is 572 g/mol. The summed E-state index contributed by atoms with van der Waals surface area (Å²) in [6.45, 7) is 6.36. The molecule has 0 aliphatic heterocycles. The van der Waals surface area contributed by atoms with Gasteiger partial charge in [0.25, 0.3) is 0 Å². The van der Waals surface area contributed by atoms with Crippen molar-refractivity contribution in [2.45, 2.75) is 130 Å². The third-order valence-corrected chi connectivity index (χ3v) is 8.21. The van der Waals surface area contributed by atoms with Crippen LogP contribution in [0.15, 0.2) is 83.0 Å². The van der Waals surface area contributed by atoms with Crippen LogP contribution >= 0.6 is 0 Å². The molecule has 6 heteroatoms. The van der Waals surface area contributed by atoms with E-state index < -0.39 is 5.97 Å². The van der Waals surface area contributed by atoms with Gasteiger partial charge < -0.3 is 9.47 Å². The molecule has 46 heavy (non-hydrogen) atoms. The lowest BCUT2D eigenvalue weighted by atomic mass is 10.0. The van der Waals surface area contributed by atoms with Crippen LogP contribution in [-0.4, -0.2) is 18.0 Å². The van der Waals surface area contributed by atoms with Gasteiger partial charge in [-0.15, -0.1) is 0 Å². The van der Waals surface area contributed by atoms with Gasteiger partial charge in [-0.2, -0.15) is 10.2 Å². The fourth-order valence-corrected chi connectivity index (χ4v) is 5.32. The van der Waals surface area contributed by atoms with Crippen LogP contribution in [0.4, 0.5) is 11.4 Å². The number of hydrogen-bond donors (Lipinski definition) is 0. The van der Waals surface area contributed by atoms with Crippen LogP contribution in [-0.2, 0) is 11.2 Å². The minimum Gasteiger partial charge on any atom is -0.459 e. The number of unbranched alkanes of at least 4 members (excludes halogenated alkanes) is 12. The molecule has 3 aromatic carbocycles. The maximum absolute atomic E-state index is 12.7. The van der Waals surface area contributed by atoms with Gasteiger partial charge in [0.2, 0.25) is 0 Å². The van der Waals surface area contributed by atoms with Crippen LogP contribution in [0.2, 0.25) is 0 Å². The van der Waals surface area contributed by atoms with E-state index in [0.717, 1.165) is 31.4 Å². The summed E-state index contributed by atoms with van der Waals surface area (Å²) in [5.41, 5.74) is 3.60. The third-order valence-electron chi connectivity index (χ3n) is 8.21. The number of benzene rings is 3. The van der Waals surface area contributed by atoms with E-state index in [0.29, 0.717) is 22.6 Å². The summed E-state index contributed by atoms with van der Waals surface area (Å²) in [6.07, 6.45) is 19.9. The first-order valence-electron chi connectivity index (χ1n) is 17.6. The predicted octanol–water partition coefficient (Wildman–Crippen LogP) is 12.3. The van der Waals surface area contributed by atoms with E-state index in [4.69, 9.17) is 9.47 Å². The van der Waals surface area contributed by atoms with Crippen LogP contribution in [0.1, 0.15) is 143 Å². The molecule has 0 bridgehead atoms. The fourth-order valence-electron chi connectivity index (χ4n) is 5.32. The van der Waals surface area contributed by atoms with Gasteiger partial charge in [-0.25, -0.2) is 9.59 Å². The Hall–Kier alpha value is -3.80. The molecule has 0 spiro atoms. The summed E-state index contributed by atoms with van der Waals surface area (Å²) in [5.74, 6) is -0.502. The maximum atomic E-state index is 12.7. The average Bonchev–Trinajstić information content (AvgIpc) is 3.07. The molecule has 6 nitrogen and oxygen atoms in total. The molecule has 1 atom stereocenters. The smallest absolute Gasteiger partial charge is 0.343 e. The highest BCUT2D eigenvalue weighted by atomic mass is 16.5. The number of rotatable bonds is 22. The van der Waals surface area contributed by atoms with Gasteiger partial charge in [-0.3, -0.25) is 0 Å². The first-order chi connectivity index (χ1) is 22.5. The van der Waals surface area contributed by atoms with Crippen LogP contribution in [0.3, 0.4) is 0 Å². The van der Waals surface area contributed by atoms with Gasteiger partial charge in [-0.05, 0) is 98.8 Å². The molecule has 0 radical (unpaired) electrons. The zero-order valence-electron chi connectivity index (χ0n) is 28.3. The van der Waals surface area contributed by atoms with Crippen molar-refractivity contribution in [1.82, 2.24) is 0 Å². The average molecular weight is 627 g/mol. The number of ether oxygens (including phenoxy) is 2. The Kier molecular flexibility index (Phi) is 17.4. The van der Waals surface area contributed by atoms with Crippen molar-refractivity contribution in [1.29, 1.82) is 0 Å². The summed E-state index contributed by atoms with van der Waals surface area (Å²) < 4.78 is 11.0. The van der Waals surface area contributed by atoms with E-state index in [1.807, 2.05) is 19.1 Å². The lowest BCUT2D eigenvalue weighted by molar-refractivity contribution is 0.0319. The number of carbonyl (C=O) groups is 2. The molecule has 0 aliphatic rings. The van der Waals surface area contributed by atoms with E-state index in [2.05, 4.69) is 36.2 Å². The normalized spacial score (nSPS) is 11.9. The van der Waals surface area contributed by atoms with Gasteiger partial charge in [0.1, 0.15) is 5.75 Å². The van der Waals surface area contributed by atoms with Crippen molar-refractivity contribution in [2.75, 3.05) is 0 Å². The van der Waals surface area contributed by atoms with Crippen molar-refractivity contribution in [2.24, 2.45) is 10.2 Å². The standard InChI is InChI=1S/C40H54N2O4/c1-4-6-8-10-11-12-13-14-15-17-19-33-20-26-36(27-21-33)41-42-37-28-22-34(23-29-37)40(44)46-38-30-24-35(25-31-38)39(43)45-32(3)18-16-9-7-5-2/h20-32H,4-19H2,1-3H3/t32-/m0/s1.